The van der Waals surface area contributed by atoms with Crippen LogP contribution < -0.4 is 8.92 Å². The number of hydrogen-bond acceptors (Lipinski definition) is 6. The second kappa shape index (κ2) is 7.61. The summed E-state index contributed by atoms with van der Waals surface area (Å²) in [6.07, 6.45) is 0. The van der Waals surface area contributed by atoms with Crippen LogP contribution in [0.2, 0.25) is 0 Å². The first-order chi connectivity index (χ1) is 12.3. The number of rotatable bonds is 5. The zero-order valence-corrected chi connectivity index (χ0v) is 15.8. The molecule has 0 N–H and O–H groups in total. The Labute approximate surface area is 157 Å². The smallest absolute Gasteiger partial charge is 0.342 e. The van der Waals surface area contributed by atoms with Crippen molar-refractivity contribution in [3.8, 4) is 11.5 Å². The van der Waals surface area contributed by atoms with Gasteiger partial charge < -0.3 is 8.92 Å². The Bertz CT molecular complexity index is 929. The van der Waals surface area contributed by atoms with E-state index < -0.39 is 32.5 Å². The second-order valence-electron chi connectivity index (χ2n) is 5.19. The highest BCUT2D eigenvalue weighted by atomic mass is 32.2. The van der Waals surface area contributed by atoms with Crippen molar-refractivity contribution in [1.82, 2.24) is 0 Å². The molecule has 0 bridgehead atoms. The molecule has 1 aliphatic heterocycles. The first-order valence-electron chi connectivity index (χ1n) is 7.32. The van der Waals surface area contributed by atoms with Crippen LogP contribution in [-0.4, -0.2) is 27.0 Å². The predicted octanol–water partition coefficient (Wildman–Crippen LogP) is 4.36. The molecule has 1 saturated heterocycles. The van der Waals surface area contributed by atoms with Crippen LogP contribution in [0.1, 0.15) is 10.1 Å². The molecule has 1 aliphatic rings. The molecule has 4 nitrogen and oxygen atoms in total. The predicted molar refractivity (Wildman–Crippen MR) is 94.8 cm³/mol. The lowest BCUT2D eigenvalue weighted by atomic mass is 10.2. The van der Waals surface area contributed by atoms with Crippen molar-refractivity contribution in [3.05, 3.63) is 53.3 Å². The Balaban J connectivity index is 1.93. The van der Waals surface area contributed by atoms with Crippen molar-refractivity contribution in [2.75, 3.05) is 18.6 Å². The number of methoxy groups -OCH3 is 1. The first-order valence-corrected chi connectivity index (χ1v) is 10.8. The molecule has 0 atom stereocenters. The third kappa shape index (κ3) is 3.77. The summed E-state index contributed by atoms with van der Waals surface area (Å²) in [5, 5.41) is 0. The Morgan fingerprint density at radius 3 is 2.35 bits per heavy atom. The topological polar surface area (TPSA) is 52.6 Å². The monoisotopic (exact) mass is 422 g/mol. The Kier molecular flexibility index (Phi) is 5.64. The van der Waals surface area contributed by atoms with E-state index >= 15 is 0 Å². The summed E-state index contributed by atoms with van der Waals surface area (Å²) < 4.78 is 75.0. The van der Waals surface area contributed by atoms with Gasteiger partial charge in [-0.2, -0.15) is 8.42 Å². The van der Waals surface area contributed by atoms with Crippen molar-refractivity contribution in [1.29, 1.82) is 0 Å². The maximum Gasteiger partial charge on any atom is 0.342 e. The van der Waals surface area contributed by atoms with E-state index in [0.29, 0.717) is 12.1 Å². The molecule has 0 aromatic heterocycles. The van der Waals surface area contributed by atoms with Gasteiger partial charge in [-0.25, -0.2) is 13.2 Å². The van der Waals surface area contributed by atoms with Crippen molar-refractivity contribution >= 4 is 33.6 Å². The van der Waals surface area contributed by atoms with E-state index in [2.05, 4.69) is 0 Å². The highest BCUT2D eigenvalue weighted by Crippen LogP contribution is 2.47. The van der Waals surface area contributed by atoms with Crippen LogP contribution in [0, 0.1) is 17.5 Å². The zero-order chi connectivity index (χ0) is 18.9. The number of halogens is 3. The Morgan fingerprint density at radius 2 is 1.69 bits per heavy atom. The zero-order valence-electron chi connectivity index (χ0n) is 13.4. The molecule has 1 heterocycles. The molecule has 0 amide bonds. The molecule has 3 rings (SSSR count). The lowest BCUT2D eigenvalue weighted by Crippen LogP contribution is -2.14. The maximum absolute atomic E-state index is 13.8. The molecule has 2 aromatic carbocycles. The van der Waals surface area contributed by atoms with Gasteiger partial charge in [0, 0.05) is 11.5 Å². The van der Waals surface area contributed by atoms with Gasteiger partial charge in [0.05, 0.1) is 11.7 Å². The summed E-state index contributed by atoms with van der Waals surface area (Å²) in [5.41, 5.74) is 0.929. The summed E-state index contributed by atoms with van der Waals surface area (Å²) in [4.78, 5) is -1.09. The van der Waals surface area contributed by atoms with Gasteiger partial charge in [0.2, 0.25) is 0 Å². The molecular weight excluding hydrogens is 409 g/mol. The van der Waals surface area contributed by atoms with E-state index in [0.717, 1.165) is 17.1 Å². The molecule has 0 unspecified atom stereocenters. The molecule has 26 heavy (non-hydrogen) atoms. The molecule has 140 valence electrons. The van der Waals surface area contributed by atoms with Crippen LogP contribution in [-0.2, 0) is 10.1 Å². The van der Waals surface area contributed by atoms with Crippen molar-refractivity contribution in [2.45, 2.75) is 9.48 Å². The maximum atomic E-state index is 13.8. The minimum atomic E-state index is -4.72. The highest BCUT2D eigenvalue weighted by Gasteiger charge is 2.27. The van der Waals surface area contributed by atoms with Crippen LogP contribution in [0.25, 0.3) is 0 Å². The third-order valence-corrected chi connectivity index (χ3v) is 7.91. The third-order valence-electron chi connectivity index (χ3n) is 3.55. The van der Waals surface area contributed by atoms with Gasteiger partial charge in [0.25, 0.3) is 0 Å². The number of hydrogen-bond donors (Lipinski definition) is 0. The highest BCUT2D eigenvalue weighted by molar-refractivity contribution is 8.19. The van der Waals surface area contributed by atoms with Crippen LogP contribution in [0.4, 0.5) is 13.2 Å². The van der Waals surface area contributed by atoms with E-state index in [1.54, 1.807) is 35.7 Å². The average Bonchev–Trinajstić information content (AvgIpc) is 3.14. The van der Waals surface area contributed by atoms with Crippen molar-refractivity contribution < 1.29 is 30.5 Å². The normalized spacial score (nSPS) is 15.2. The molecule has 0 saturated carbocycles. The SMILES string of the molecule is COc1cc(C2SCCS2)ccc1OS(=O)(=O)c1ccc(F)c(F)c1F. The molecular formula is C16H13F3O4S3. The fraction of sp³-hybridized carbons (Fsp3) is 0.250. The molecule has 10 heteroatoms. The number of ether oxygens (including phenoxy) is 1. The minimum absolute atomic E-state index is 0.141. The van der Waals surface area contributed by atoms with Gasteiger partial charge in [0.15, 0.2) is 29.0 Å². The van der Waals surface area contributed by atoms with Gasteiger partial charge in [-0.1, -0.05) is 6.07 Å². The molecule has 0 aliphatic carbocycles. The van der Waals surface area contributed by atoms with Gasteiger partial charge in [-0.3, -0.25) is 0 Å². The fourth-order valence-electron chi connectivity index (χ4n) is 2.31. The number of benzene rings is 2. The van der Waals surface area contributed by atoms with E-state index in [4.69, 9.17) is 8.92 Å². The van der Waals surface area contributed by atoms with Crippen LogP contribution in [0.5, 0.6) is 11.5 Å². The molecule has 0 radical (unpaired) electrons. The van der Waals surface area contributed by atoms with Crippen molar-refractivity contribution in [2.24, 2.45) is 0 Å². The van der Waals surface area contributed by atoms with E-state index in [1.807, 2.05) is 0 Å². The quantitative estimate of drug-likeness (QED) is 0.527. The largest absolute Gasteiger partial charge is 0.493 e. The Morgan fingerprint density at radius 1 is 1.00 bits per heavy atom. The summed E-state index contributed by atoms with van der Waals surface area (Å²) in [6, 6.07) is 5.84. The lowest BCUT2D eigenvalue weighted by molar-refractivity contribution is 0.387. The minimum Gasteiger partial charge on any atom is -0.493 e. The van der Waals surface area contributed by atoms with Gasteiger partial charge in [0.1, 0.15) is 4.90 Å². The molecule has 1 fully saturated rings. The molecule has 2 aromatic rings. The molecule has 0 spiro atoms. The summed E-state index contributed by atoms with van der Waals surface area (Å²) in [5.74, 6) is -3.21. The van der Waals surface area contributed by atoms with Crippen molar-refractivity contribution in [3.63, 3.8) is 0 Å². The van der Waals surface area contributed by atoms with Crippen LogP contribution >= 0.6 is 23.5 Å². The summed E-state index contributed by atoms with van der Waals surface area (Å²) in [7, 11) is -3.38. The van der Waals surface area contributed by atoms with Crippen LogP contribution in [0.15, 0.2) is 35.2 Å². The van der Waals surface area contributed by atoms with Gasteiger partial charge in [-0.05, 0) is 29.8 Å². The lowest BCUT2D eigenvalue weighted by Gasteiger charge is -2.14. The van der Waals surface area contributed by atoms with Crippen LogP contribution in [0.3, 0.4) is 0 Å². The van der Waals surface area contributed by atoms with E-state index in [9.17, 15) is 21.6 Å². The van der Waals surface area contributed by atoms with Gasteiger partial charge in [-0.15, -0.1) is 23.5 Å². The summed E-state index contributed by atoms with van der Waals surface area (Å²) in [6.45, 7) is 0. The standard InChI is InChI=1S/C16H13F3O4S3/c1-22-12-8-9(16-24-6-7-25-16)2-4-11(12)23-26(20,21)13-5-3-10(17)14(18)15(13)19/h2-5,8,16H,6-7H2,1H3. The van der Waals surface area contributed by atoms with E-state index in [-0.39, 0.29) is 16.1 Å². The Hall–Kier alpha value is -1.52. The summed E-state index contributed by atoms with van der Waals surface area (Å²) >= 11 is 3.51. The first kappa shape index (κ1) is 19.2. The van der Waals surface area contributed by atoms with Gasteiger partial charge >= 0.3 is 10.1 Å². The number of thioether (sulfide) groups is 2. The average molecular weight is 422 g/mol. The van der Waals surface area contributed by atoms with E-state index in [1.165, 1.54) is 13.2 Å². The second-order valence-corrected chi connectivity index (χ2v) is 9.43. The fourth-order valence-corrected chi connectivity index (χ4v) is 6.16.